The van der Waals surface area contributed by atoms with E-state index in [9.17, 15) is 31.8 Å². The number of aliphatic hydroxyl groups is 2. The van der Waals surface area contributed by atoms with Crippen LogP contribution in [0.25, 0.3) is 4.85 Å². The second kappa shape index (κ2) is 9.32. The van der Waals surface area contributed by atoms with E-state index in [1.54, 1.807) is 0 Å². The van der Waals surface area contributed by atoms with Crippen molar-refractivity contribution in [2.24, 2.45) is 0 Å². The molecule has 3 rings (SSSR count). The van der Waals surface area contributed by atoms with Gasteiger partial charge in [-0.3, -0.25) is 0 Å². The van der Waals surface area contributed by atoms with Gasteiger partial charge >= 0.3 is 6.18 Å². The lowest BCUT2D eigenvalue weighted by atomic mass is 10.0. The molecule has 9 nitrogen and oxygen atoms in total. The zero-order chi connectivity index (χ0) is 24.4. The van der Waals surface area contributed by atoms with E-state index in [1.807, 2.05) is 0 Å². The van der Waals surface area contributed by atoms with Crippen LogP contribution in [-0.2, 0) is 10.0 Å². The van der Waals surface area contributed by atoms with Crippen LogP contribution in [0, 0.1) is 6.57 Å². The molecule has 2 N–H and O–H groups in total. The number of benzene rings is 1. The van der Waals surface area contributed by atoms with Crippen molar-refractivity contribution in [1.29, 1.82) is 0 Å². The minimum atomic E-state index is -4.67. The van der Waals surface area contributed by atoms with Crippen molar-refractivity contribution in [3.8, 4) is 11.5 Å². The third-order valence-electron chi connectivity index (χ3n) is 4.71. The largest absolute Gasteiger partial charge is 0.482 e. The number of alkyl halides is 3. The Hall–Kier alpha value is -2.63. The number of sulfonamides is 1. The van der Waals surface area contributed by atoms with Crippen LogP contribution < -0.4 is 9.47 Å². The van der Waals surface area contributed by atoms with Crippen molar-refractivity contribution < 1.29 is 41.3 Å². The van der Waals surface area contributed by atoms with Gasteiger partial charge in [0.05, 0.1) is 24.7 Å². The van der Waals surface area contributed by atoms with E-state index in [2.05, 4.69) is 9.83 Å². The van der Waals surface area contributed by atoms with Gasteiger partial charge in [-0.15, -0.1) is 0 Å². The van der Waals surface area contributed by atoms with Gasteiger partial charge in [0.25, 0.3) is 10.0 Å². The quantitative estimate of drug-likeness (QED) is 0.553. The molecule has 2 aromatic rings. The number of aliphatic hydroxyl groups excluding tert-OH is 1. The lowest BCUT2D eigenvalue weighted by Crippen LogP contribution is -2.48. The monoisotopic (exact) mass is 507 g/mol. The molecule has 0 bridgehead atoms. The van der Waals surface area contributed by atoms with E-state index < -0.39 is 60.0 Å². The van der Waals surface area contributed by atoms with E-state index >= 15 is 0 Å². The Morgan fingerprint density at radius 1 is 1.30 bits per heavy atom. The highest BCUT2D eigenvalue weighted by Gasteiger charge is 2.51. The summed E-state index contributed by atoms with van der Waals surface area (Å²) in [5.41, 5.74) is -2.11. The van der Waals surface area contributed by atoms with Gasteiger partial charge in [0.2, 0.25) is 0 Å². The van der Waals surface area contributed by atoms with Crippen LogP contribution in [0.15, 0.2) is 41.6 Å². The summed E-state index contributed by atoms with van der Waals surface area (Å²) in [4.78, 5) is 6.87. The van der Waals surface area contributed by atoms with Crippen molar-refractivity contribution in [2.45, 2.75) is 22.9 Å². The average molecular weight is 508 g/mol. The molecule has 33 heavy (non-hydrogen) atoms. The number of pyridine rings is 1. The highest BCUT2D eigenvalue weighted by atomic mass is 35.5. The summed E-state index contributed by atoms with van der Waals surface area (Å²) in [6, 6.07) is 5.91. The third-order valence-corrected chi connectivity index (χ3v) is 6.67. The second-order valence-electron chi connectivity index (χ2n) is 7.13. The molecule has 14 heteroatoms. The summed E-state index contributed by atoms with van der Waals surface area (Å²) in [6.07, 6.45) is -4.92. The van der Waals surface area contributed by atoms with E-state index in [1.165, 1.54) is 12.1 Å². The predicted molar refractivity (Wildman–Crippen MR) is 109 cm³/mol. The van der Waals surface area contributed by atoms with Crippen LogP contribution in [0.1, 0.15) is 0 Å². The normalized spacial score (nSPS) is 21.5. The molecule has 0 saturated carbocycles. The van der Waals surface area contributed by atoms with Gasteiger partial charge in [0, 0.05) is 12.7 Å². The molecule has 0 aliphatic carbocycles. The number of halogens is 4. The van der Waals surface area contributed by atoms with Crippen molar-refractivity contribution in [2.75, 3.05) is 26.3 Å². The molecule has 0 unspecified atom stereocenters. The fraction of sp³-hybridized carbons (Fsp3) is 0.368. The summed E-state index contributed by atoms with van der Waals surface area (Å²) in [6.45, 7) is 3.43. The van der Waals surface area contributed by atoms with Gasteiger partial charge in [-0.2, -0.15) is 17.5 Å². The number of β-amino-alcohol motifs (C(OH)–C–C–N with tert-alkyl or cyclic N) is 1. The van der Waals surface area contributed by atoms with Crippen LogP contribution in [0.3, 0.4) is 0 Å². The molecular weight excluding hydrogens is 491 g/mol. The van der Waals surface area contributed by atoms with Crippen molar-refractivity contribution in [3.63, 3.8) is 0 Å². The number of rotatable bonds is 7. The molecule has 1 aliphatic heterocycles. The Bertz CT molecular complexity index is 1160. The highest BCUT2D eigenvalue weighted by molar-refractivity contribution is 7.89. The molecule has 1 aromatic heterocycles. The minimum Gasteiger partial charge on any atom is -0.482 e. The van der Waals surface area contributed by atoms with Crippen molar-refractivity contribution in [3.05, 3.63) is 53.0 Å². The number of hydrogen-bond acceptors (Lipinski definition) is 7. The second-order valence-corrected chi connectivity index (χ2v) is 9.45. The SMILES string of the molecule is [C-]#[N+]c1ccc(O[C@H]2CN(S(=O)(=O)c3ccc(Cl)cn3)C[C@@]2(O)CO)c(OCC(F)(F)F)c1. The van der Waals surface area contributed by atoms with Gasteiger partial charge in [-0.25, -0.2) is 18.2 Å². The van der Waals surface area contributed by atoms with Gasteiger partial charge in [0.15, 0.2) is 28.8 Å². The zero-order valence-corrected chi connectivity index (χ0v) is 18.2. The van der Waals surface area contributed by atoms with Crippen LogP contribution in [0.5, 0.6) is 11.5 Å². The average Bonchev–Trinajstić information content (AvgIpc) is 3.10. The molecule has 2 atom stereocenters. The Labute approximate surface area is 191 Å². The Morgan fingerprint density at radius 3 is 2.61 bits per heavy atom. The van der Waals surface area contributed by atoms with Crippen LogP contribution in [0.4, 0.5) is 18.9 Å². The standard InChI is InChI=1S/C19H17ClF3N3O6S/c1-24-13-3-4-14(15(6-13)31-11-19(21,22)23)32-16-8-26(9-18(16,28)10-27)33(29,30)17-5-2-12(20)7-25-17/h2-7,16,27-28H,8-11H2/t16-,18+/m0/s1. The first-order chi connectivity index (χ1) is 15.4. The van der Waals surface area contributed by atoms with Gasteiger partial charge in [-0.1, -0.05) is 17.7 Å². The van der Waals surface area contributed by atoms with Gasteiger partial charge < -0.3 is 19.7 Å². The van der Waals surface area contributed by atoms with E-state index in [4.69, 9.17) is 27.6 Å². The maximum atomic E-state index is 12.9. The van der Waals surface area contributed by atoms with Gasteiger partial charge in [-0.05, 0) is 24.3 Å². The van der Waals surface area contributed by atoms with Gasteiger partial charge in [0.1, 0.15) is 11.7 Å². The first-order valence-corrected chi connectivity index (χ1v) is 11.0. The summed E-state index contributed by atoms with van der Waals surface area (Å²) in [5, 5.41) is 20.4. The van der Waals surface area contributed by atoms with Crippen molar-refractivity contribution >= 4 is 27.3 Å². The maximum absolute atomic E-state index is 12.9. The third kappa shape index (κ3) is 5.66. The fourth-order valence-corrected chi connectivity index (χ4v) is 4.57. The molecule has 0 amide bonds. The maximum Gasteiger partial charge on any atom is 0.422 e. The minimum absolute atomic E-state index is 0.0265. The molecule has 0 radical (unpaired) electrons. The molecule has 1 saturated heterocycles. The lowest BCUT2D eigenvalue weighted by Gasteiger charge is -2.28. The molecule has 1 aromatic carbocycles. The van der Waals surface area contributed by atoms with Crippen molar-refractivity contribution in [1.82, 2.24) is 9.29 Å². The van der Waals surface area contributed by atoms with E-state index in [-0.39, 0.29) is 21.5 Å². The molecule has 1 aliphatic rings. The Kier molecular flexibility index (Phi) is 7.06. The highest BCUT2D eigenvalue weighted by Crippen LogP contribution is 2.37. The first kappa shape index (κ1) is 25.0. The zero-order valence-electron chi connectivity index (χ0n) is 16.7. The van der Waals surface area contributed by atoms with Crippen LogP contribution in [0.2, 0.25) is 5.02 Å². The van der Waals surface area contributed by atoms with E-state index in [0.29, 0.717) is 0 Å². The summed E-state index contributed by atoms with van der Waals surface area (Å²) >= 11 is 5.73. The molecule has 178 valence electrons. The van der Waals surface area contributed by atoms with Crippen LogP contribution in [-0.4, -0.2) is 72.1 Å². The molecule has 0 spiro atoms. The topological polar surface area (TPSA) is 114 Å². The Morgan fingerprint density at radius 2 is 2.03 bits per heavy atom. The predicted octanol–water partition coefficient (Wildman–Crippen LogP) is 2.40. The Balaban J connectivity index is 1.89. The number of ether oxygens (including phenoxy) is 2. The number of aromatic nitrogens is 1. The first-order valence-electron chi connectivity index (χ1n) is 9.20. The fourth-order valence-electron chi connectivity index (χ4n) is 3.04. The van der Waals surface area contributed by atoms with Crippen LogP contribution >= 0.6 is 11.6 Å². The lowest BCUT2D eigenvalue weighted by molar-refractivity contribution is -0.153. The molecular formula is C19H17ClF3N3O6S. The molecule has 1 fully saturated rings. The number of nitrogens with zero attached hydrogens (tertiary/aromatic N) is 3. The summed E-state index contributed by atoms with van der Waals surface area (Å²) < 4.78 is 74.8. The molecule has 2 heterocycles. The van der Waals surface area contributed by atoms with E-state index in [0.717, 1.165) is 28.7 Å². The smallest absolute Gasteiger partial charge is 0.422 e. The summed E-state index contributed by atoms with van der Waals surface area (Å²) in [7, 11) is -4.22. The number of hydrogen-bond donors (Lipinski definition) is 2. The summed E-state index contributed by atoms with van der Waals surface area (Å²) in [5.74, 6) is -0.700.